The van der Waals surface area contributed by atoms with Crippen LogP contribution in [0.5, 0.6) is 0 Å². The highest BCUT2D eigenvalue weighted by Gasteiger charge is 2.16. The van der Waals surface area contributed by atoms with E-state index in [9.17, 15) is 5.11 Å². The van der Waals surface area contributed by atoms with Crippen LogP contribution in [0.3, 0.4) is 0 Å². The van der Waals surface area contributed by atoms with Crippen LogP contribution < -0.4 is 5.32 Å². The van der Waals surface area contributed by atoms with Crippen LogP contribution in [0, 0.1) is 0 Å². The molecule has 0 bridgehead atoms. The van der Waals surface area contributed by atoms with Gasteiger partial charge in [0.05, 0.1) is 12.0 Å². The molecule has 0 fully saturated rings. The van der Waals surface area contributed by atoms with Crippen LogP contribution in [-0.4, -0.2) is 28.3 Å². The van der Waals surface area contributed by atoms with Gasteiger partial charge in [-0.05, 0) is 14.0 Å². The van der Waals surface area contributed by atoms with Gasteiger partial charge >= 0.3 is 0 Å². The highest BCUT2D eigenvalue weighted by Crippen LogP contribution is 2.20. The number of rotatable bonds is 4. The Morgan fingerprint density at radius 2 is 2.46 bits per heavy atom. The van der Waals surface area contributed by atoms with Gasteiger partial charge in [0.2, 0.25) is 0 Å². The zero-order valence-corrected chi connectivity index (χ0v) is 8.54. The second-order valence-electron chi connectivity index (χ2n) is 2.78. The van der Waals surface area contributed by atoms with Crippen molar-refractivity contribution >= 4 is 11.6 Å². The van der Waals surface area contributed by atoms with E-state index in [1.807, 2.05) is 11.5 Å². The summed E-state index contributed by atoms with van der Waals surface area (Å²) in [6.07, 6.45) is 1.04. The number of aryl methyl sites for hydroxylation is 1. The number of aromatic nitrogens is 2. The minimum atomic E-state index is -0.597. The molecule has 0 aliphatic rings. The number of halogens is 1. The van der Waals surface area contributed by atoms with Gasteiger partial charge in [-0.25, -0.2) is 4.98 Å². The smallest absolute Gasteiger partial charge is 0.152 e. The van der Waals surface area contributed by atoms with Gasteiger partial charge in [0.25, 0.3) is 0 Å². The topological polar surface area (TPSA) is 50.1 Å². The van der Waals surface area contributed by atoms with E-state index in [2.05, 4.69) is 10.3 Å². The molecule has 1 heterocycles. The molecule has 1 aromatic rings. The van der Waals surface area contributed by atoms with Crippen molar-refractivity contribution < 1.29 is 5.11 Å². The number of imidazole rings is 1. The van der Waals surface area contributed by atoms with Crippen molar-refractivity contribution in [1.82, 2.24) is 14.9 Å². The van der Waals surface area contributed by atoms with E-state index in [0.29, 0.717) is 17.4 Å². The summed E-state index contributed by atoms with van der Waals surface area (Å²) >= 11 is 5.83. The Morgan fingerprint density at radius 1 is 1.77 bits per heavy atom. The van der Waals surface area contributed by atoms with E-state index in [4.69, 9.17) is 11.6 Å². The Morgan fingerprint density at radius 3 is 3.00 bits per heavy atom. The minimum absolute atomic E-state index is 0.379. The van der Waals surface area contributed by atoms with Crippen LogP contribution in [0.15, 0.2) is 6.33 Å². The number of hydrogen-bond donors (Lipinski definition) is 2. The Balaban J connectivity index is 2.89. The zero-order valence-electron chi connectivity index (χ0n) is 7.79. The van der Waals surface area contributed by atoms with E-state index in [1.54, 1.807) is 13.4 Å². The molecule has 1 atom stereocenters. The van der Waals surface area contributed by atoms with Gasteiger partial charge in [-0.3, -0.25) is 0 Å². The molecule has 1 unspecified atom stereocenters. The lowest BCUT2D eigenvalue weighted by Gasteiger charge is -2.12. The summed E-state index contributed by atoms with van der Waals surface area (Å²) in [5.41, 5.74) is 0.679. The first-order chi connectivity index (χ1) is 6.20. The number of likely N-dealkylation sites (N-methyl/N-ethyl adjacent to an activating group) is 1. The summed E-state index contributed by atoms with van der Waals surface area (Å²) in [7, 11) is 1.78. The first-order valence-corrected chi connectivity index (χ1v) is 4.61. The second-order valence-corrected chi connectivity index (χ2v) is 3.14. The number of aliphatic hydroxyl groups is 1. The summed E-state index contributed by atoms with van der Waals surface area (Å²) in [5.74, 6) is 0. The largest absolute Gasteiger partial charge is 0.385 e. The van der Waals surface area contributed by atoms with E-state index in [1.165, 1.54) is 0 Å². The summed E-state index contributed by atoms with van der Waals surface area (Å²) in [5, 5.41) is 13.0. The summed E-state index contributed by atoms with van der Waals surface area (Å²) in [6.45, 7) is 3.22. The molecule has 0 aromatic carbocycles. The van der Waals surface area contributed by atoms with Crippen LogP contribution >= 0.6 is 11.6 Å². The Kier molecular flexibility index (Phi) is 3.71. The first kappa shape index (κ1) is 10.5. The minimum Gasteiger partial charge on any atom is -0.385 e. The van der Waals surface area contributed by atoms with E-state index in [0.717, 1.165) is 6.54 Å². The fourth-order valence-electron chi connectivity index (χ4n) is 1.24. The molecule has 74 valence electrons. The van der Waals surface area contributed by atoms with Gasteiger partial charge in [-0.2, -0.15) is 0 Å². The average molecular weight is 204 g/mol. The Bertz CT molecular complexity index is 274. The third-order valence-electron chi connectivity index (χ3n) is 1.89. The van der Waals surface area contributed by atoms with E-state index < -0.39 is 6.10 Å². The summed E-state index contributed by atoms with van der Waals surface area (Å²) in [4.78, 5) is 3.93. The van der Waals surface area contributed by atoms with Crippen LogP contribution in [0.25, 0.3) is 0 Å². The number of hydrogen-bond acceptors (Lipinski definition) is 3. The maximum atomic E-state index is 9.69. The standard InChI is InChI=1S/C8H14ClN3O/c1-3-12-5-11-8(9)7(12)6(13)4-10-2/h5-6,10,13H,3-4H2,1-2H3. The van der Waals surface area contributed by atoms with Crippen LogP contribution in [0.1, 0.15) is 18.7 Å². The molecule has 0 radical (unpaired) electrons. The molecule has 0 aliphatic carbocycles. The Labute approximate surface area is 82.5 Å². The lowest BCUT2D eigenvalue weighted by atomic mass is 10.2. The molecule has 13 heavy (non-hydrogen) atoms. The number of nitrogens with zero attached hydrogens (tertiary/aromatic N) is 2. The normalized spacial score (nSPS) is 13.2. The quantitative estimate of drug-likeness (QED) is 0.762. The first-order valence-electron chi connectivity index (χ1n) is 4.23. The van der Waals surface area contributed by atoms with Crippen molar-refractivity contribution in [3.05, 3.63) is 17.2 Å². The fourth-order valence-corrected chi connectivity index (χ4v) is 1.52. The number of aliphatic hydroxyl groups excluding tert-OH is 1. The molecule has 5 heteroatoms. The van der Waals surface area contributed by atoms with Crippen molar-refractivity contribution in [2.45, 2.75) is 19.6 Å². The molecule has 0 amide bonds. The van der Waals surface area contributed by atoms with Crippen molar-refractivity contribution in [1.29, 1.82) is 0 Å². The van der Waals surface area contributed by atoms with Crippen LogP contribution in [-0.2, 0) is 6.54 Å². The highest BCUT2D eigenvalue weighted by molar-refractivity contribution is 6.30. The molecule has 0 aliphatic heterocycles. The predicted octanol–water partition coefficient (Wildman–Crippen LogP) is 0.809. The summed E-state index contributed by atoms with van der Waals surface area (Å²) in [6, 6.07) is 0. The van der Waals surface area contributed by atoms with Gasteiger partial charge in [0.15, 0.2) is 5.15 Å². The zero-order chi connectivity index (χ0) is 9.84. The highest BCUT2D eigenvalue weighted by atomic mass is 35.5. The number of nitrogens with one attached hydrogen (secondary N) is 1. The Hall–Kier alpha value is -0.580. The summed E-state index contributed by atoms with van der Waals surface area (Å²) < 4.78 is 1.84. The van der Waals surface area contributed by atoms with Crippen molar-refractivity contribution in [2.24, 2.45) is 0 Å². The van der Waals surface area contributed by atoms with Crippen LogP contribution in [0.4, 0.5) is 0 Å². The average Bonchev–Trinajstić information content (AvgIpc) is 2.47. The van der Waals surface area contributed by atoms with Gasteiger partial charge in [-0.15, -0.1) is 0 Å². The second kappa shape index (κ2) is 4.60. The lowest BCUT2D eigenvalue weighted by molar-refractivity contribution is 0.168. The van der Waals surface area contributed by atoms with E-state index in [-0.39, 0.29) is 0 Å². The molecular formula is C8H14ClN3O. The van der Waals surface area contributed by atoms with E-state index >= 15 is 0 Å². The van der Waals surface area contributed by atoms with Crippen molar-refractivity contribution in [3.8, 4) is 0 Å². The molecule has 0 saturated carbocycles. The van der Waals surface area contributed by atoms with Gasteiger partial charge in [0.1, 0.15) is 6.10 Å². The molecule has 2 N–H and O–H groups in total. The van der Waals surface area contributed by atoms with Gasteiger partial charge in [-0.1, -0.05) is 11.6 Å². The predicted molar refractivity (Wildman–Crippen MR) is 51.8 cm³/mol. The molecular weight excluding hydrogens is 190 g/mol. The van der Waals surface area contributed by atoms with Crippen molar-refractivity contribution in [2.75, 3.05) is 13.6 Å². The van der Waals surface area contributed by atoms with Crippen LogP contribution in [0.2, 0.25) is 5.15 Å². The fraction of sp³-hybridized carbons (Fsp3) is 0.625. The molecule has 0 saturated heterocycles. The van der Waals surface area contributed by atoms with Gasteiger partial charge < -0.3 is 15.0 Å². The maximum Gasteiger partial charge on any atom is 0.152 e. The molecule has 0 spiro atoms. The third-order valence-corrected chi connectivity index (χ3v) is 2.18. The maximum absolute atomic E-state index is 9.69. The van der Waals surface area contributed by atoms with Crippen molar-refractivity contribution in [3.63, 3.8) is 0 Å². The molecule has 1 rings (SSSR count). The monoisotopic (exact) mass is 203 g/mol. The lowest BCUT2D eigenvalue weighted by Crippen LogP contribution is -2.19. The third kappa shape index (κ3) is 2.21. The molecule has 4 nitrogen and oxygen atoms in total. The SMILES string of the molecule is CCn1cnc(Cl)c1C(O)CNC. The molecule has 1 aromatic heterocycles. The van der Waals surface area contributed by atoms with Gasteiger partial charge in [0, 0.05) is 13.1 Å².